The second-order valence-electron chi connectivity index (χ2n) is 7.68. The number of aliphatic carboxylic acids is 1. The molecule has 0 saturated carbocycles. The number of pyridine rings is 1. The molecule has 28 heavy (non-hydrogen) atoms. The molecule has 0 saturated heterocycles. The third-order valence-corrected chi connectivity index (χ3v) is 6.24. The number of nitrogens with zero attached hydrogens (tertiary/aromatic N) is 1. The van der Waals surface area contributed by atoms with E-state index in [1.165, 1.54) is 6.20 Å². The molecule has 0 bridgehead atoms. The summed E-state index contributed by atoms with van der Waals surface area (Å²) in [5.41, 5.74) is 2.48. The zero-order valence-electron chi connectivity index (χ0n) is 16.8. The van der Waals surface area contributed by atoms with E-state index in [-0.39, 0.29) is 11.4 Å². The molecule has 1 heterocycles. The van der Waals surface area contributed by atoms with E-state index in [4.69, 9.17) is 0 Å². The van der Waals surface area contributed by atoms with E-state index < -0.39 is 21.4 Å². The number of benzene rings is 1. The van der Waals surface area contributed by atoms with Gasteiger partial charge in [-0.2, -0.15) is 0 Å². The van der Waals surface area contributed by atoms with Crippen LogP contribution in [0, 0.1) is 12.3 Å². The summed E-state index contributed by atoms with van der Waals surface area (Å²) in [5.74, 6) is -0.865. The van der Waals surface area contributed by atoms with Crippen LogP contribution in [0.15, 0.2) is 41.6 Å². The molecule has 0 aliphatic rings. The van der Waals surface area contributed by atoms with Crippen molar-refractivity contribution in [2.75, 3.05) is 0 Å². The molecule has 0 unspecified atom stereocenters. The van der Waals surface area contributed by atoms with Crippen molar-refractivity contribution in [3.8, 4) is 0 Å². The van der Waals surface area contributed by atoms with Gasteiger partial charge in [-0.05, 0) is 61.9 Å². The molecule has 0 spiro atoms. The lowest BCUT2D eigenvalue weighted by atomic mass is 9.85. The van der Waals surface area contributed by atoms with Gasteiger partial charge >= 0.3 is 5.97 Å². The van der Waals surface area contributed by atoms with Gasteiger partial charge in [-0.3, -0.25) is 9.78 Å². The van der Waals surface area contributed by atoms with E-state index in [2.05, 4.69) is 9.71 Å². The highest BCUT2D eigenvalue weighted by Crippen LogP contribution is 2.24. The number of rotatable bonds is 9. The maximum Gasteiger partial charge on any atom is 0.309 e. The van der Waals surface area contributed by atoms with Gasteiger partial charge in [-0.15, -0.1) is 0 Å². The fourth-order valence-electron chi connectivity index (χ4n) is 2.99. The third-order valence-electron chi connectivity index (χ3n) is 4.77. The lowest BCUT2D eigenvalue weighted by Crippen LogP contribution is -2.27. The Morgan fingerprint density at radius 3 is 2.57 bits per heavy atom. The SMILES string of the molecule is CCCc1ccncc1S(=O)(=O)NCc1cc(CC(C)(C)C(=O)O)ccc1C. The third kappa shape index (κ3) is 5.39. The highest BCUT2D eigenvalue weighted by molar-refractivity contribution is 7.89. The Balaban J connectivity index is 2.22. The van der Waals surface area contributed by atoms with Gasteiger partial charge in [-0.25, -0.2) is 13.1 Å². The van der Waals surface area contributed by atoms with Crippen molar-refractivity contribution < 1.29 is 18.3 Å². The molecule has 0 amide bonds. The van der Waals surface area contributed by atoms with Gasteiger partial charge in [0.15, 0.2) is 0 Å². The van der Waals surface area contributed by atoms with Crippen molar-refractivity contribution in [3.05, 3.63) is 58.9 Å². The summed E-state index contributed by atoms with van der Waals surface area (Å²) in [7, 11) is -3.70. The predicted octanol–water partition coefficient (Wildman–Crippen LogP) is 3.47. The first-order valence-electron chi connectivity index (χ1n) is 9.31. The zero-order chi connectivity index (χ0) is 20.9. The number of hydrogen-bond acceptors (Lipinski definition) is 4. The van der Waals surface area contributed by atoms with Gasteiger partial charge < -0.3 is 5.11 Å². The summed E-state index contributed by atoms with van der Waals surface area (Å²) < 4.78 is 28.2. The van der Waals surface area contributed by atoms with Crippen LogP contribution in [-0.4, -0.2) is 24.5 Å². The molecule has 7 heteroatoms. The lowest BCUT2D eigenvalue weighted by molar-refractivity contribution is -0.146. The monoisotopic (exact) mass is 404 g/mol. The number of carbonyl (C=O) groups is 1. The van der Waals surface area contributed by atoms with Crippen LogP contribution in [0.5, 0.6) is 0 Å². The standard InChI is InChI=1S/C21H28N2O4S/c1-5-6-17-9-10-22-14-19(17)28(26,27)23-13-18-11-16(8-7-15(18)2)12-21(3,4)20(24)25/h7-11,14,23H,5-6,12-13H2,1-4H3,(H,24,25). The van der Waals surface area contributed by atoms with Crippen LogP contribution < -0.4 is 4.72 Å². The Morgan fingerprint density at radius 2 is 1.93 bits per heavy atom. The number of carboxylic acid groups (broad SMARTS) is 1. The average Bonchev–Trinajstić information content (AvgIpc) is 2.62. The van der Waals surface area contributed by atoms with Gasteiger partial charge in [-0.1, -0.05) is 31.5 Å². The molecule has 0 aliphatic carbocycles. The summed E-state index contributed by atoms with van der Waals surface area (Å²) in [4.78, 5) is 15.5. The van der Waals surface area contributed by atoms with Crippen molar-refractivity contribution in [2.45, 2.75) is 58.4 Å². The van der Waals surface area contributed by atoms with Gasteiger partial charge in [0, 0.05) is 18.9 Å². The molecular weight excluding hydrogens is 376 g/mol. The van der Waals surface area contributed by atoms with Crippen LogP contribution in [0.3, 0.4) is 0 Å². The van der Waals surface area contributed by atoms with Crippen LogP contribution in [0.1, 0.15) is 49.4 Å². The van der Waals surface area contributed by atoms with Crippen LogP contribution in [0.4, 0.5) is 0 Å². The van der Waals surface area contributed by atoms with Crippen molar-refractivity contribution >= 4 is 16.0 Å². The molecular formula is C21H28N2O4S. The smallest absolute Gasteiger partial charge is 0.309 e. The number of hydrogen-bond donors (Lipinski definition) is 2. The molecule has 0 aliphatic heterocycles. The summed E-state index contributed by atoms with van der Waals surface area (Å²) >= 11 is 0. The number of nitrogens with one attached hydrogen (secondary N) is 1. The van der Waals surface area contributed by atoms with E-state index in [0.717, 1.165) is 28.7 Å². The molecule has 1 aromatic carbocycles. The molecule has 152 valence electrons. The number of carboxylic acids is 1. The minimum absolute atomic E-state index is 0.135. The van der Waals surface area contributed by atoms with Gasteiger partial charge in [0.05, 0.1) is 5.41 Å². The van der Waals surface area contributed by atoms with Gasteiger partial charge in [0.2, 0.25) is 10.0 Å². The molecule has 2 aromatic rings. The maximum atomic E-state index is 12.8. The van der Waals surface area contributed by atoms with E-state index in [1.54, 1.807) is 26.1 Å². The van der Waals surface area contributed by atoms with Crippen LogP contribution in [0.2, 0.25) is 0 Å². The van der Waals surface area contributed by atoms with Crippen molar-refractivity contribution in [2.24, 2.45) is 5.41 Å². The summed E-state index contributed by atoms with van der Waals surface area (Å²) in [5, 5.41) is 9.33. The molecule has 0 fully saturated rings. The first-order valence-corrected chi connectivity index (χ1v) is 10.8. The number of aromatic nitrogens is 1. The Labute approximate surface area is 167 Å². The quantitative estimate of drug-likeness (QED) is 0.667. The largest absolute Gasteiger partial charge is 0.481 e. The van der Waals surface area contributed by atoms with Gasteiger partial charge in [0.1, 0.15) is 4.90 Å². The second-order valence-corrected chi connectivity index (χ2v) is 9.42. The zero-order valence-corrected chi connectivity index (χ0v) is 17.6. The highest BCUT2D eigenvalue weighted by Gasteiger charge is 2.27. The lowest BCUT2D eigenvalue weighted by Gasteiger charge is -2.20. The number of aryl methyl sites for hydroxylation is 2. The minimum atomic E-state index is -3.70. The fourth-order valence-corrected chi connectivity index (χ4v) is 4.20. The Bertz CT molecular complexity index is 953. The number of sulfonamides is 1. The first kappa shape index (κ1) is 22.0. The van der Waals surface area contributed by atoms with E-state index >= 15 is 0 Å². The van der Waals surface area contributed by atoms with E-state index in [0.29, 0.717) is 12.8 Å². The highest BCUT2D eigenvalue weighted by atomic mass is 32.2. The molecule has 0 radical (unpaired) electrons. The minimum Gasteiger partial charge on any atom is -0.481 e. The predicted molar refractivity (Wildman–Crippen MR) is 109 cm³/mol. The van der Waals surface area contributed by atoms with Crippen LogP contribution in [-0.2, 0) is 34.2 Å². The molecule has 2 rings (SSSR count). The first-order chi connectivity index (χ1) is 13.1. The van der Waals surface area contributed by atoms with E-state index in [9.17, 15) is 18.3 Å². The fraction of sp³-hybridized carbons (Fsp3) is 0.429. The van der Waals surface area contributed by atoms with Gasteiger partial charge in [0.25, 0.3) is 0 Å². The van der Waals surface area contributed by atoms with Crippen LogP contribution >= 0.6 is 0 Å². The van der Waals surface area contributed by atoms with Crippen molar-refractivity contribution in [3.63, 3.8) is 0 Å². The van der Waals surface area contributed by atoms with E-state index in [1.807, 2.05) is 32.0 Å². The summed E-state index contributed by atoms with van der Waals surface area (Å²) in [6, 6.07) is 7.39. The Kier molecular flexibility index (Phi) is 6.96. The average molecular weight is 405 g/mol. The van der Waals surface area contributed by atoms with Crippen molar-refractivity contribution in [1.82, 2.24) is 9.71 Å². The topological polar surface area (TPSA) is 96.4 Å². The Morgan fingerprint density at radius 1 is 1.21 bits per heavy atom. The second kappa shape index (κ2) is 8.84. The van der Waals surface area contributed by atoms with Crippen molar-refractivity contribution in [1.29, 1.82) is 0 Å². The summed E-state index contributed by atoms with van der Waals surface area (Å²) in [6.45, 7) is 7.39. The molecule has 1 aromatic heterocycles. The molecule has 6 nitrogen and oxygen atoms in total. The summed E-state index contributed by atoms with van der Waals surface area (Å²) in [6.07, 6.45) is 4.85. The Hall–Kier alpha value is -2.25. The van der Waals surface area contributed by atoms with Crippen LogP contribution in [0.25, 0.3) is 0 Å². The molecule has 0 atom stereocenters. The normalized spacial score (nSPS) is 12.1. The molecule has 2 N–H and O–H groups in total. The maximum absolute atomic E-state index is 12.8.